The maximum absolute atomic E-state index is 10.7. The lowest BCUT2D eigenvalue weighted by atomic mass is 9.91. The first kappa shape index (κ1) is 13.9. The van der Waals surface area contributed by atoms with Gasteiger partial charge in [0.15, 0.2) is 5.60 Å². The fourth-order valence-electron chi connectivity index (χ4n) is 1.32. The first-order valence-electron chi connectivity index (χ1n) is 4.95. The van der Waals surface area contributed by atoms with Crippen molar-refractivity contribution in [1.82, 2.24) is 0 Å². The second-order valence-electron chi connectivity index (χ2n) is 4.19. The van der Waals surface area contributed by atoms with Crippen LogP contribution in [-0.4, -0.2) is 32.9 Å². The summed E-state index contributed by atoms with van der Waals surface area (Å²) in [4.78, 5) is 21.1. The van der Waals surface area contributed by atoms with Crippen LogP contribution in [0.15, 0.2) is 0 Å². The molecule has 0 unspecified atom stereocenters. The van der Waals surface area contributed by atoms with Crippen molar-refractivity contribution in [3.63, 3.8) is 0 Å². The molecule has 0 saturated carbocycles. The van der Waals surface area contributed by atoms with Gasteiger partial charge >= 0.3 is 11.9 Å². The van der Waals surface area contributed by atoms with E-state index in [9.17, 15) is 14.7 Å². The van der Waals surface area contributed by atoms with Gasteiger partial charge in [-0.1, -0.05) is 20.3 Å². The summed E-state index contributed by atoms with van der Waals surface area (Å²) in [6.07, 6.45) is 0.510. The van der Waals surface area contributed by atoms with Gasteiger partial charge in [0, 0.05) is 0 Å². The van der Waals surface area contributed by atoms with E-state index in [0.29, 0.717) is 12.3 Å². The van der Waals surface area contributed by atoms with E-state index in [0.717, 1.165) is 6.42 Å². The molecule has 5 nitrogen and oxygen atoms in total. The number of rotatable bonds is 7. The molecule has 0 rings (SSSR count). The largest absolute Gasteiger partial charge is 0.481 e. The third-order valence-electron chi connectivity index (χ3n) is 2.21. The fraction of sp³-hybridized carbons (Fsp3) is 0.800. The zero-order chi connectivity index (χ0) is 12.1. The number of carboxylic acid groups (broad SMARTS) is 2. The lowest BCUT2D eigenvalue weighted by Crippen LogP contribution is -2.40. The van der Waals surface area contributed by atoms with Gasteiger partial charge < -0.3 is 15.3 Å². The molecule has 0 aliphatic carbocycles. The van der Waals surface area contributed by atoms with Gasteiger partial charge in [-0.05, 0) is 18.8 Å². The summed E-state index contributed by atoms with van der Waals surface area (Å²) in [6, 6.07) is 0. The van der Waals surface area contributed by atoms with Gasteiger partial charge in [-0.15, -0.1) is 0 Å². The first-order chi connectivity index (χ1) is 6.78. The predicted octanol–water partition coefficient (Wildman–Crippen LogP) is 1.10. The summed E-state index contributed by atoms with van der Waals surface area (Å²) in [5.74, 6) is -2.36. The Hall–Kier alpha value is -1.10. The molecule has 0 amide bonds. The second kappa shape index (κ2) is 5.70. The molecule has 0 aromatic heterocycles. The van der Waals surface area contributed by atoms with Crippen LogP contribution >= 0.6 is 0 Å². The maximum Gasteiger partial charge on any atom is 0.336 e. The molecule has 0 bridgehead atoms. The minimum atomic E-state index is -2.12. The van der Waals surface area contributed by atoms with Crippen LogP contribution in [0.25, 0.3) is 0 Å². The van der Waals surface area contributed by atoms with Crippen molar-refractivity contribution in [2.24, 2.45) is 5.92 Å². The van der Waals surface area contributed by atoms with E-state index in [4.69, 9.17) is 10.2 Å². The standard InChI is InChI=1S/C10H18O5/c1-7(2)4-3-5-10(15,9(13)14)6-8(11)12/h7,15H,3-6H2,1-2H3,(H,11,12)(H,13,14)/t10-/m1/s1. The lowest BCUT2D eigenvalue weighted by Gasteiger charge is -2.21. The Labute approximate surface area is 88.7 Å². The van der Waals surface area contributed by atoms with Gasteiger partial charge in [0.05, 0.1) is 6.42 Å². The molecule has 0 aliphatic heterocycles. The molecule has 0 radical (unpaired) electrons. The second-order valence-corrected chi connectivity index (χ2v) is 4.19. The van der Waals surface area contributed by atoms with Crippen molar-refractivity contribution >= 4 is 11.9 Å². The Kier molecular flexibility index (Phi) is 5.28. The highest BCUT2D eigenvalue weighted by Gasteiger charge is 2.37. The quantitative estimate of drug-likeness (QED) is 0.594. The van der Waals surface area contributed by atoms with Crippen LogP contribution in [0.2, 0.25) is 0 Å². The molecule has 0 aromatic rings. The van der Waals surface area contributed by atoms with Crippen LogP contribution in [0, 0.1) is 5.92 Å². The molecule has 5 heteroatoms. The van der Waals surface area contributed by atoms with E-state index in [1.165, 1.54) is 0 Å². The van der Waals surface area contributed by atoms with Gasteiger partial charge in [0.1, 0.15) is 0 Å². The van der Waals surface area contributed by atoms with Gasteiger partial charge in [0.2, 0.25) is 0 Å². The van der Waals surface area contributed by atoms with Gasteiger partial charge in [0.25, 0.3) is 0 Å². The molecule has 0 spiro atoms. The Morgan fingerprint density at radius 1 is 1.27 bits per heavy atom. The number of carbonyl (C=O) groups is 2. The molecular formula is C10H18O5. The first-order valence-corrected chi connectivity index (χ1v) is 4.95. The highest BCUT2D eigenvalue weighted by atomic mass is 16.4. The Morgan fingerprint density at radius 3 is 2.13 bits per heavy atom. The summed E-state index contributed by atoms with van der Waals surface area (Å²) in [7, 11) is 0. The number of hydrogen-bond acceptors (Lipinski definition) is 3. The van der Waals surface area contributed by atoms with E-state index < -0.39 is 24.0 Å². The van der Waals surface area contributed by atoms with Crippen molar-refractivity contribution in [2.45, 2.75) is 45.1 Å². The highest BCUT2D eigenvalue weighted by molar-refractivity contribution is 5.83. The summed E-state index contributed by atoms with van der Waals surface area (Å²) in [5.41, 5.74) is -2.12. The van der Waals surface area contributed by atoms with Crippen LogP contribution in [0.1, 0.15) is 39.5 Å². The summed E-state index contributed by atoms with van der Waals surface area (Å²) < 4.78 is 0. The molecule has 88 valence electrons. The summed E-state index contributed by atoms with van der Waals surface area (Å²) in [5, 5.41) is 26.8. The zero-order valence-electron chi connectivity index (χ0n) is 9.06. The third-order valence-corrected chi connectivity index (χ3v) is 2.21. The Bertz CT molecular complexity index is 236. The fourth-order valence-corrected chi connectivity index (χ4v) is 1.32. The minimum absolute atomic E-state index is 0.0210. The minimum Gasteiger partial charge on any atom is -0.481 e. The highest BCUT2D eigenvalue weighted by Crippen LogP contribution is 2.20. The van der Waals surface area contributed by atoms with E-state index in [1.807, 2.05) is 13.8 Å². The maximum atomic E-state index is 10.7. The molecule has 1 atom stereocenters. The molecule has 0 saturated heterocycles. The monoisotopic (exact) mass is 218 g/mol. The molecule has 0 aromatic carbocycles. The Morgan fingerprint density at radius 2 is 1.80 bits per heavy atom. The molecular weight excluding hydrogens is 200 g/mol. The topological polar surface area (TPSA) is 94.8 Å². The van der Waals surface area contributed by atoms with Crippen molar-refractivity contribution in [3.05, 3.63) is 0 Å². The smallest absolute Gasteiger partial charge is 0.336 e. The molecule has 15 heavy (non-hydrogen) atoms. The summed E-state index contributed by atoms with van der Waals surface area (Å²) in [6.45, 7) is 3.97. The Balaban J connectivity index is 4.26. The van der Waals surface area contributed by atoms with Crippen molar-refractivity contribution in [3.8, 4) is 0 Å². The average molecular weight is 218 g/mol. The zero-order valence-corrected chi connectivity index (χ0v) is 9.06. The number of aliphatic carboxylic acids is 2. The molecule has 0 fully saturated rings. The third kappa shape index (κ3) is 5.37. The van der Waals surface area contributed by atoms with E-state index in [1.54, 1.807) is 0 Å². The van der Waals surface area contributed by atoms with E-state index in [2.05, 4.69) is 0 Å². The van der Waals surface area contributed by atoms with Crippen molar-refractivity contribution in [2.75, 3.05) is 0 Å². The number of hydrogen-bond donors (Lipinski definition) is 3. The lowest BCUT2D eigenvalue weighted by molar-refractivity contribution is -0.166. The van der Waals surface area contributed by atoms with Crippen LogP contribution in [0.3, 0.4) is 0 Å². The van der Waals surface area contributed by atoms with E-state index >= 15 is 0 Å². The van der Waals surface area contributed by atoms with Crippen LogP contribution in [0.5, 0.6) is 0 Å². The molecule has 0 heterocycles. The molecule has 0 aliphatic rings. The van der Waals surface area contributed by atoms with Gasteiger partial charge in [-0.3, -0.25) is 4.79 Å². The van der Waals surface area contributed by atoms with Crippen LogP contribution in [0.4, 0.5) is 0 Å². The average Bonchev–Trinajstić information content (AvgIpc) is 2.01. The van der Waals surface area contributed by atoms with Crippen molar-refractivity contribution in [1.29, 1.82) is 0 Å². The van der Waals surface area contributed by atoms with E-state index in [-0.39, 0.29) is 6.42 Å². The number of aliphatic hydroxyl groups is 1. The summed E-state index contributed by atoms with van der Waals surface area (Å²) >= 11 is 0. The van der Waals surface area contributed by atoms with Crippen LogP contribution in [-0.2, 0) is 9.59 Å². The van der Waals surface area contributed by atoms with Gasteiger partial charge in [-0.2, -0.15) is 0 Å². The normalized spacial score (nSPS) is 14.9. The van der Waals surface area contributed by atoms with Crippen LogP contribution < -0.4 is 0 Å². The SMILES string of the molecule is CC(C)CCC[C@@](O)(CC(=O)O)C(=O)O. The van der Waals surface area contributed by atoms with Crippen molar-refractivity contribution < 1.29 is 24.9 Å². The molecule has 3 N–H and O–H groups in total. The predicted molar refractivity (Wildman–Crippen MR) is 53.5 cm³/mol. The van der Waals surface area contributed by atoms with Gasteiger partial charge in [-0.25, -0.2) is 4.79 Å². The number of carboxylic acids is 2.